The molecule has 1 nitrogen and oxygen atoms in total. The predicted molar refractivity (Wildman–Crippen MR) is 54.6 cm³/mol. The summed E-state index contributed by atoms with van der Waals surface area (Å²) in [5.41, 5.74) is 1.97. The third-order valence-electron chi connectivity index (χ3n) is 1.71. The first-order valence-corrected chi connectivity index (χ1v) is 4.98. The van der Waals surface area contributed by atoms with E-state index in [1.807, 2.05) is 25.1 Å². The summed E-state index contributed by atoms with van der Waals surface area (Å²) in [5, 5.41) is 9.40. The van der Waals surface area contributed by atoms with Crippen molar-refractivity contribution >= 4 is 27.5 Å². The van der Waals surface area contributed by atoms with Crippen molar-refractivity contribution in [1.82, 2.24) is 0 Å². The Bertz CT molecular complexity index is 275. The molecule has 1 aromatic carbocycles. The Morgan fingerprint density at radius 3 is 2.75 bits per heavy atom. The van der Waals surface area contributed by atoms with Crippen LogP contribution in [0.5, 0.6) is 0 Å². The number of aliphatic hydroxyl groups is 1. The number of benzene rings is 1. The second kappa shape index (κ2) is 4.26. The molecule has 66 valence electrons. The van der Waals surface area contributed by atoms with Crippen LogP contribution >= 0.6 is 27.5 Å². The van der Waals surface area contributed by atoms with Crippen molar-refractivity contribution in [3.05, 3.63) is 33.8 Å². The van der Waals surface area contributed by atoms with E-state index in [0.29, 0.717) is 0 Å². The van der Waals surface area contributed by atoms with Crippen LogP contribution in [0, 0.1) is 6.92 Å². The average molecular weight is 250 g/mol. The van der Waals surface area contributed by atoms with E-state index >= 15 is 0 Å². The normalized spacial score (nSPS) is 13.0. The second-order valence-electron chi connectivity index (χ2n) is 2.68. The SMILES string of the molecule is Cc1cc([C@H](O)CCl)ccc1Br. The minimum Gasteiger partial charge on any atom is -0.387 e. The number of rotatable bonds is 2. The highest BCUT2D eigenvalue weighted by Gasteiger charge is 2.06. The zero-order chi connectivity index (χ0) is 9.14. The molecule has 1 N–H and O–H groups in total. The molecule has 0 aliphatic carbocycles. The maximum atomic E-state index is 9.40. The van der Waals surface area contributed by atoms with Crippen LogP contribution in [0.4, 0.5) is 0 Å². The fourth-order valence-corrected chi connectivity index (χ4v) is 1.39. The number of aryl methyl sites for hydroxylation is 1. The lowest BCUT2D eigenvalue weighted by Crippen LogP contribution is -1.98. The van der Waals surface area contributed by atoms with E-state index in [-0.39, 0.29) is 5.88 Å². The minimum absolute atomic E-state index is 0.237. The quantitative estimate of drug-likeness (QED) is 0.799. The molecule has 0 amide bonds. The van der Waals surface area contributed by atoms with Gasteiger partial charge in [-0.15, -0.1) is 11.6 Å². The number of alkyl halides is 1. The summed E-state index contributed by atoms with van der Waals surface area (Å²) in [6, 6.07) is 5.71. The van der Waals surface area contributed by atoms with Crippen LogP contribution in [0.15, 0.2) is 22.7 Å². The van der Waals surface area contributed by atoms with Crippen molar-refractivity contribution in [3.63, 3.8) is 0 Å². The number of halogens is 2. The molecule has 0 unspecified atom stereocenters. The van der Waals surface area contributed by atoms with Gasteiger partial charge in [0.05, 0.1) is 12.0 Å². The van der Waals surface area contributed by atoms with Crippen LogP contribution in [-0.4, -0.2) is 11.0 Å². The van der Waals surface area contributed by atoms with Gasteiger partial charge in [-0.25, -0.2) is 0 Å². The Morgan fingerprint density at radius 1 is 1.58 bits per heavy atom. The van der Waals surface area contributed by atoms with Crippen molar-refractivity contribution in [3.8, 4) is 0 Å². The van der Waals surface area contributed by atoms with Gasteiger partial charge in [-0.05, 0) is 24.1 Å². The van der Waals surface area contributed by atoms with Gasteiger partial charge in [0, 0.05) is 4.47 Å². The van der Waals surface area contributed by atoms with Crippen molar-refractivity contribution in [1.29, 1.82) is 0 Å². The smallest absolute Gasteiger partial charge is 0.0925 e. The van der Waals surface area contributed by atoms with E-state index in [1.165, 1.54) is 0 Å². The highest BCUT2D eigenvalue weighted by Crippen LogP contribution is 2.21. The third-order valence-corrected chi connectivity index (χ3v) is 2.89. The molecule has 0 radical (unpaired) electrons. The van der Waals surface area contributed by atoms with E-state index in [2.05, 4.69) is 15.9 Å². The lowest BCUT2D eigenvalue weighted by molar-refractivity contribution is 0.202. The van der Waals surface area contributed by atoms with Crippen molar-refractivity contribution in [2.75, 3.05) is 5.88 Å². The highest BCUT2D eigenvalue weighted by molar-refractivity contribution is 9.10. The zero-order valence-corrected chi connectivity index (χ0v) is 9.06. The lowest BCUT2D eigenvalue weighted by atomic mass is 10.1. The molecule has 0 saturated heterocycles. The highest BCUT2D eigenvalue weighted by atomic mass is 79.9. The van der Waals surface area contributed by atoms with Crippen LogP contribution in [0.25, 0.3) is 0 Å². The number of hydrogen-bond donors (Lipinski definition) is 1. The van der Waals surface area contributed by atoms with E-state index < -0.39 is 6.10 Å². The van der Waals surface area contributed by atoms with E-state index in [9.17, 15) is 5.11 Å². The van der Waals surface area contributed by atoms with Crippen molar-refractivity contribution < 1.29 is 5.11 Å². The van der Waals surface area contributed by atoms with Gasteiger partial charge in [0.1, 0.15) is 0 Å². The van der Waals surface area contributed by atoms with Gasteiger partial charge in [-0.3, -0.25) is 0 Å². The van der Waals surface area contributed by atoms with Crippen LogP contribution in [-0.2, 0) is 0 Å². The molecule has 3 heteroatoms. The molecule has 12 heavy (non-hydrogen) atoms. The Labute approximate surface area is 85.5 Å². The molecule has 0 aromatic heterocycles. The van der Waals surface area contributed by atoms with Gasteiger partial charge in [0.2, 0.25) is 0 Å². The second-order valence-corrected chi connectivity index (χ2v) is 3.84. The summed E-state index contributed by atoms with van der Waals surface area (Å²) >= 11 is 8.90. The van der Waals surface area contributed by atoms with Gasteiger partial charge in [-0.2, -0.15) is 0 Å². The summed E-state index contributed by atoms with van der Waals surface area (Å²) < 4.78 is 1.05. The fourth-order valence-electron chi connectivity index (χ4n) is 0.964. The Kier molecular flexibility index (Phi) is 3.56. The lowest BCUT2D eigenvalue weighted by Gasteiger charge is -2.08. The van der Waals surface area contributed by atoms with E-state index in [0.717, 1.165) is 15.6 Å². The summed E-state index contributed by atoms with van der Waals surface area (Å²) in [6.45, 7) is 1.98. The summed E-state index contributed by atoms with van der Waals surface area (Å²) in [5.74, 6) is 0.237. The first kappa shape index (κ1) is 10.0. The standard InChI is InChI=1S/C9H10BrClO/c1-6-4-7(9(12)5-11)2-3-8(6)10/h2-4,9,12H,5H2,1H3/t9-/m1/s1. The molecule has 0 heterocycles. The van der Waals surface area contributed by atoms with E-state index in [4.69, 9.17) is 11.6 Å². The molecule has 1 rings (SSSR count). The Balaban J connectivity index is 2.96. The van der Waals surface area contributed by atoms with Crippen molar-refractivity contribution in [2.24, 2.45) is 0 Å². The Morgan fingerprint density at radius 2 is 2.25 bits per heavy atom. The molecule has 0 aliphatic rings. The van der Waals surface area contributed by atoms with Crippen LogP contribution < -0.4 is 0 Å². The maximum Gasteiger partial charge on any atom is 0.0925 e. The first-order valence-electron chi connectivity index (χ1n) is 3.65. The minimum atomic E-state index is -0.557. The van der Waals surface area contributed by atoms with E-state index in [1.54, 1.807) is 0 Å². The monoisotopic (exact) mass is 248 g/mol. The Hall–Kier alpha value is -0.0500. The molecule has 0 spiro atoms. The third kappa shape index (κ3) is 2.22. The predicted octanol–water partition coefficient (Wildman–Crippen LogP) is 3.03. The molecule has 0 saturated carbocycles. The largest absolute Gasteiger partial charge is 0.387 e. The van der Waals surface area contributed by atoms with Gasteiger partial charge in [0.15, 0.2) is 0 Å². The molecule has 0 aliphatic heterocycles. The fraction of sp³-hybridized carbons (Fsp3) is 0.333. The molecule has 0 fully saturated rings. The average Bonchev–Trinajstić information content (AvgIpc) is 2.08. The van der Waals surface area contributed by atoms with Gasteiger partial charge >= 0.3 is 0 Å². The summed E-state index contributed by atoms with van der Waals surface area (Å²) in [6.07, 6.45) is -0.557. The van der Waals surface area contributed by atoms with Gasteiger partial charge in [0.25, 0.3) is 0 Å². The number of aliphatic hydroxyl groups excluding tert-OH is 1. The number of hydrogen-bond acceptors (Lipinski definition) is 1. The van der Waals surface area contributed by atoms with Gasteiger partial charge in [-0.1, -0.05) is 28.1 Å². The zero-order valence-electron chi connectivity index (χ0n) is 6.72. The van der Waals surface area contributed by atoms with Crippen LogP contribution in [0.2, 0.25) is 0 Å². The molecular weight excluding hydrogens is 239 g/mol. The van der Waals surface area contributed by atoms with Crippen molar-refractivity contribution in [2.45, 2.75) is 13.0 Å². The molecular formula is C9H10BrClO. The molecule has 1 aromatic rings. The van der Waals surface area contributed by atoms with Crippen LogP contribution in [0.3, 0.4) is 0 Å². The maximum absolute atomic E-state index is 9.40. The van der Waals surface area contributed by atoms with Gasteiger partial charge < -0.3 is 5.11 Å². The van der Waals surface area contributed by atoms with Crippen LogP contribution in [0.1, 0.15) is 17.2 Å². The topological polar surface area (TPSA) is 20.2 Å². The molecule has 1 atom stereocenters. The molecule has 0 bridgehead atoms. The summed E-state index contributed by atoms with van der Waals surface area (Å²) in [7, 11) is 0. The summed E-state index contributed by atoms with van der Waals surface area (Å²) in [4.78, 5) is 0. The first-order chi connectivity index (χ1) is 5.65.